The van der Waals surface area contributed by atoms with Crippen LogP contribution in [-0.4, -0.2) is 38.1 Å². The Bertz CT molecular complexity index is 309. The van der Waals surface area contributed by atoms with Crippen molar-refractivity contribution in [1.82, 2.24) is 4.90 Å². The SMILES string of the molecule is O=C(CCCS(=O)(=O)Cl)N1CCCCC1. The highest BCUT2D eigenvalue weighted by Crippen LogP contribution is 2.11. The van der Waals surface area contributed by atoms with Gasteiger partial charge in [0.2, 0.25) is 15.0 Å². The molecule has 1 heterocycles. The van der Waals surface area contributed by atoms with Crippen LogP contribution < -0.4 is 0 Å². The summed E-state index contributed by atoms with van der Waals surface area (Å²) in [6.45, 7) is 1.62. The second-order valence-corrected chi connectivity index (χ2v) is 6.68. The molecule has 0 aromatic heterocycles. The number of nitrogens with zero attached hydrogens (tertiary/aromatic N) is 1. The molecule has 0 radical (unpaired) electrons. The van der Waals surface area contributed by atoms with Gasteiger partial charge in [-0.3, -0.25) is 4.79 Å². The van der Waals surface area contributed by atoms with Crippen LogP contribution in [0.4, 0.5) is 0 Å². The number of piperidine rings is 1. The minimum absolute atomic E-state index is 0.0509. The monoisotopic (exact) mass is 253 g/mol. The lowest BCUT2D eigenvalue weighted by molar-refractivity contribution is -0.132. The number of amides is 1. The van der Waals surface area contributed by atoms with E-state index >= 15 is 0 Å². The van der Waals surface area contributed by atoms with Crippen molar-refractivity contribution in [3.05, 3.63) is 0 Å². The van der Waals surface area contributed by atoms with E-state index in [2.05, 4.69) is 0 Å². The normalized spacial score (nSPS) is 17.8. The van der Waals surface area contributed by atoms with Gasteiger partial charge in [-0.25, -0.2) is 8.42 Å². The van der Waals surface area contributed by atoms with Crippen molar-refractivity contribution in [3.8, 4) is 0 Å². The Morgan fingerprint density at radius 1 is 1.20 bits per heavy atom. The van der Waals surface area contributed by atoms with E-state index in [1.807, 2.05) is 4.90 Å². The third-order valence-corrected chi connectivity index (χ3v) is 3.73. The molecule has 0 saturated carbocycles. The smallest absolute Gasteiger partial charge is 0.232 e. The topological polar surface area (TPSA) is 54.5 Å². The lowest BCUT2D eigenvalue weighted by Crippen LogP contribution is -2.35. The van der Waals surface area contributed by atoms with Gasteiger partial charge in [0, 0.05) is 30.2 Å². The average Bonchev–Trinajstić information content (AvgIpc) is 2.17. The summed E-state index contributed by atoms with van der Waals surface area (Å²) in [6.07, 6.45) is 3.89. The molecule has 6 heteroatoms. The van der Waals surface area contributed by atoms with Gasteiger partial charge in [-0.2, -0.15) is 0 Å². The number of rotatable bonds is 4. The van der Waals surface area contributed by atoms with Crippen LogP contribution >= 0.6 is 10.7 Å². The zero-order valence-electron chi connectivity index (χ0n) is 8.62. The van der Waals surface area contributed by atoms with Crippen LogP contribution in [0.3, 0.4) is 0 Å². The molecule has 0 atom stereocenters. The molecule has 1 fully saturated rings. The van der Waals surface area contributed by atoms with E-state index in [1.54, 1.807) is 0 Å². The van der Waals surface area contributed by atoms with Crippen molar-refractivity contribution in [2.45, 2.75) is 32.1 Å². The van der Waals surface area contributed by atoms with Gasteiger partial charge in [-0.1, -0.05) is 0 Å². The molecule has 15 heavy (non-hydrogen) atoms. The Hall–Kier alpha value is -0.290. The fraction of sp³-hybridized carbons (Fsp3) is 0.889. The second-order valence-electron chi connectivity index (χ2n) is 3.79. The summed E-state index contributed by atoms with van der Waals surface area (Å²) in [5.74, 6) is -0.0660. The highest BCUT2D eigenvalue weighted by atomic mass is 35.7. The molecular weight excluding hydrogens is 238 g/mol. The second kappa shape index (κ2) is 5.70. The standard InChI is InChI=1S/C9H16ClNO3S/c10-15(13,14)8-4-5-9(12)11-6-2-1-3-7-11/h1-8H2. The maximum atomic E-state index is 11.6. The molecule has 0 aliphatic carbocycles. The van der Waals surface area contributed by atoms with Crippen molar-refractivity contribution in [1.29, 1.82) is 0 Å². The quantitative estimate of drug-likeness (QED) is 0.711. The first kappa shape index (κ1) is 12.8. The Morgan fingerprint density at radius 3 is 2.33 bits per heavy atom. The number of hydrogen-bond donors (Lipinski definition) is 0. The zero-order valence-corrected chi connectivity index (χ0v) is 10.2. The summed E-state index contributed by atoms with van der Waals surface area (Å²) in [4.78, 5) is 13.4. The maximum absolute atomic E-state index is 11.6. The van der Waals surface area contributed by atoms with Gasteiger partial charge in [-0.05, 0) is 25.7 Å². The van der Waals surface area contributed by atoms with E-state index in [4.69, 9.17) is 10.7 Å². The molecule has 0 bridgehead atoms. The maximum Gasteiger partial charge on any atom is 0.232 e. The van der Waals surface area contributed by atoms with Crippen molar-refractivity contribution in [3.63, 3.8) is 0 Å². The van der Waals surface area contributed by atoms with Crippen LogP contribution in [0.2, 0.25) is 0 Å². The van der Waals surface area contributed by atoms with Gasteiger partial charge in [0.15, 0.2) is 0 Å². The van der Waals surface area contributed by atoms with E-state index in [0.29, 0.717) is 6.42 Å². The van der Waals surface area contributed by atoms with Crippen molar-refractivity contribution < 1.29 is 13.2 Å². The van der Waals surface area contributed by atoms with E-state index in [0.717, 1.165) is 25.9 Å². The number of hydrogen-bond acceptors (Lipinski definition) is 3. The molecule has 88 valence electrons. The lowest BCUT2D eigenvalue weighted by atomic mass is 10.1. The predicted octanol–water partition coefficient (Wildman–Crippen LogP) is 1.35. The van der Waals surface area contributed by atoms with Gasteiger partial charge in [0.05, 0.1) is 5.75 Å². The molecule has 4 nitrogen and oxygen atoms in total. The fourth-order valence-corrected chi connectivity index (χ4v) is 2.51. The Labute approximate surface area is 95.0 Å². The van der Waals surface area contributed by atoms with Crippen molar-refractivity contribution in [2.24, 2.45) is 0 Å². The average molecular weight is 254 g/mol. The predicted molar refractivity (Wildman–Crippen MR) is 59.3 cm³/mol. The summed E-state index contributed by atoms with van der Waals surface area (Å²) in [7, 11) is 1.60. The van der Waals surface area contributed by atoms with Crippen molar-refractivity contribution >= 4 is 25.6 Å². The van der Waals surface area contributed by atoms with E-state index in [-0.39, 0.29) is 18.1 Å². The number of carbonyl (C=O) groups is 1. The summed E-state index contributed by atoms with van der Waals surface area (Å²) in [5, 5.41) is 0. The van der Waals surface area contributed by atoms with Crippen LogP contribution in [0.5, 0.6) is 0 Å². The Morgan fingerprint density at radius 2 is 1.80 bits per heavy atom. The molecule has 0 aromatic rings. The van der Waals surface area contributed by atoms with Crippen LogP contribution in [-0.2, 0) is 13.8 Å². The Balaban J connectivity index is 2.23. The molecule has 0 spiro atoms. The summed E-state index contributed by atoms with van der Waals surface area (Å²) < 4.78 is 21.3. The van der Waals surface area contributed by atoms with Crippen LogP contribution in [0.15, 0.2) is 0 Å². The molecule has 1 rings (SSSR count). The number of likely N-dealkylation sites (tertiary alicyclic amines) is 1. The van der Waals surface area contributed by atoms with Crippen LogP contribution in [0.25, 0.3) is 0 Å². The molecule has 0 aromatic carbocycles. The van der Waals surface area contributed by atoms with E-state index in [1.165, 1.54) is 6.42 Å². The lowest BCUT2D eigenvalue weighted by Gasteiger charge is -2.26. The highest BCUT2D eigenvalue weighted by Gasteiger charge is 2.16. The van der Waals surface area contributed by atoms with Gasteiger partial charge >= 0.3 is 0 Å². The molecular formula is C9H16ClNO3S. The number of halogens is 1. The summed E-state index contributed by atoms with van der Waals surface area (Å²) in [5.41, 5.74) is 0. The molecule has 1 saturated heterocycles. The van der Waals surface area contributed by atoms with E-state index in [9.17, 15) is 13.2 Å². The zero-order chi connectivity index (χ0) is 11.3. The third kappa shape index (κ3) is 5.37. The van der Waals surface area contributed by atoms with Gasteiger partial charge in [0.25, 0.3) is 0 Å². The van der Waals surface area contributed by atoms with Gasteiger partial charge < -0.3 is 4.90 Å². The molecule has 0 unspecified atom stereocenters. The molecule has 1 amide bonds. The fourth-order valence-electron chi connectivity index (χ4n) is 1.70. The summed E-state index contributed by atoms with van der Waals surface area (Å²) in [6, 6.07) is 0. The minimum atomic E-state index is -3.45. The first-order valence-electron chi connectivity index (χ1n) is 5.19. The molecule has 1 aliphatic heterocycles. The highest BCUT2D eigenvalue weighted by molar-refractivity contribution is 8.13. The van der Waals surface area contributed by atoms with Crippen LogP contribution in [0, 0.1) is 0 Å². The van der Waals surface area contributed by atoms with Gasteiger partial charge in [-0.15, -0.1) is 0 Å². The van der Waals surface area contributed by atoms with Crippen molar-refractivity contribution in [2.75, 3.05) is 18.8 Å². The molecule has 1 aliphatic rings. The first-order chi connectivity index (χ1) is 6.99. The Kier molecular flexibility index (Phi) is 4.86. The largest absolute Gasteiger partial charge is 0.343 e. The number of carbonyl (C=O) groups excluding carboxylic acids is 1. The van der Waals surface area contributed by atoms with Gasteiger partial charge in [0.1, 0.15) is 0 Å². The van der Waals surface area contributed by atoms with E-state index < -0.39 is 9.05 Å². The minimum Gasteiger partial charge on any atom is -0.343 e. The third-order valence-electron chi connectivity index (χ3n) is 2.49. The summed E-state index contributed by atoms with van der Waals surface area (Å²) >= 11 is 0. The first-order valence-corrected chi connectivity index (χ1v) is 7.67. The molecule has 0 N–H and O–H groups in total. The van der Waals surface area contributed by atoms with Crippen LogP contribution in [0.1, 0.15) is 32.1 Å².